The van der Waals surface area contributed by atoms with Gasteiger partial charge < -0.3 is 15.7 Å². The standard InChI is InChI=1S/C19H22N2O3/c1-3-17(22)21-16-11-9-14(10-12-16)13(2)20-19(24)18(23)15-7-5-4-6-8-15/h4-13,18,23H,3H2,1-2H3,(H,20,24)(H,21,22)/t13-,18-/m0/s1. The number of anilines is 1. The van der Waals surface area contributed by atoms with Gasteiger partial charge in [-0.3, -0.25) is 9.59 Å². The number of aliphatic hydroxyl groups is 1. The van der Waals surface area contributed by atoms with Crippen molar-refractivity contribution in [3.8, 4) is 0 Å². The molecule has 2 aromatic rings. The van der Waals surface area contributed by atoms with E-state index in [-0.39, 0.29) is 11.9 Å². The first kappa shape index (κ1) is 17.7. The number of hydrogen-bond donors (Lipinski definition) is 3. The molecule has 0 aliphatic rings. The summed E-state index contributed by atoms with van der Waals surface area (Å²) in [5.74, 6) is -0.493. The number of carbonyl (C=O) groups excluding carboxylic acids is 2. The topological polar surface area (TPSA) is 78.4 Å². The van der Waals surface area contributed by atoms with Crippen molar-refractivity contribution >= 4 is 17.5 Å². The molecule has 0 heterocycles. The van der Waals surface area contributed by atoms with Crippen LogP contribution in [0.2, 0.25) is 0 Å². The van der Waals surface area contributed by atoms with E-state index in [9.17, 15) is 14.7 Å². The maximum atomic E-state index is 12.2. The zero-order valence-electron chi connectivity index (χ0n) is 13.8. The lowest BCUT2D eigenvalue weighted by atomic mass is 10.1. The average Bonchev–Trinajstić information content (AvgIpc) is 2.62. The van der Waals surface area contributed by atoms with E-state index in [1.165, 1.54) is 0 Å². The van der Waals surface area contributed by atoms with Gasteiger partial charge in [0.15, 0.2) is 6.10 Å². The minimum Gasteiger partial charge on any atom is -0.378 e. The van der Waals surface area contributed by atoms with Gasteiger partial charge in [0.05, 0.1) is 6.04 Å². The Bertz CT molecular complexity index is 684. The van der Waals surface area contributed by atoms with Crippen molar-refractivity contribution in [2.45, 2.75) is 32.4 Å². The molecule has 0 spiro atoms. The summed E-state index contributed by atoms with van der Waals surface area (Å²) in [5.41, 5.74) is 2.16. The number of aliphatic hydroxyl groups excluding tert-OH is 1. The number of carbonyl (C=O) groups is 2. The second-order valence-electron chi connectivity index (χ2n) is 5.57. The molecule has 5 nitrogen and oxygen atoms in total. The lowest BCUT2D eigenvalue weighted by Gasteiger charge is -2.18. The molecule has 0 bridgehead atoms. The van der Waals surface area contributed by atoms with Crippen LogP contribution < -0.4 is 10.6 Å². The second kappa shape index (κ2) is 8.26. The summed E-state index contributed by atoms with van der Waals surface area (Å²) in [7, 11) is 0. The van der Waals surface area contributed by atoms with Crippen LogP contribution in [0.4, 0.5) is 5.69 Å². The van der Waals surface area contributed by atoms with Crippen LogP contribution in [0.25, 0.3) is 0 Å². The summed E-state index contributed by atoms with van der Waals surface area (Å²) >= 11 is 0. The Labute approximate surface area is 141 Å². The van der Waals surface area contributed by atoms with Crippen LogP contribution >= 0.6 is 0 Å². The number of hydrogen-bond acceptors (Lipinski definition) is 3. The van der Waals surface area contributed by atoms with Crippen molar-refractivity contribution in [3.63, 3.8) is 0 Å². The first-order valence-corrected chi connectivity index (χ1v) is 7.94. The highest BCUT2D eigenvalue weighted by molar-refractivity contribution is 5.90. The van der Waals surface area contributed by atoms with Crippen LogP contribution in [0.1, 0.15) is 43.5 Å². The fourth-order valence-electron chi connectivity index (χ4n) is 2.27. The smallest absolute Gasteiger partial charge is 0.253 e. The lowest BCUT2D eigenvalue weighted by molar-refractivity contribution is -0.130. The highest BCUT2D eigenvalue weighted by Gasteiger charge is 2.19. The molecule has 0 radical (unpaired) electrons. The number of benzene rings is 2. The number of rotatable bonds is 6. The van der Waals surface area contributed by atoms with Crippen molar-refractivity contribution in [3.05, 3.63) is 65.7 Å². The monoisotopic (exact) mass is 326 g/mol. The van der Waals surface area contributed by atoms with E-state index < -0.39 is 12.0 Å². The highest BCUT2D eigenvalue weighted by atomic mass is 16.3. The third kappa shape index (κ3) is 4.67. The first-order valence-electron chi connectivity index (χ1n) is 7.94. The molecule has 2 atom stereocenters. The summed E-state index contributed by atoms with van der Waals surface area (Å²) < 4.78 is 0. The maximum Gasteiger partial charge on any atom is 0.253 e. The van der Waals surface area contributed by atoms with E-state index in [2.05, 4.69) is 10.6 Å². The van der Waals surface area contributed by atoms with Crippen LogP contribution in [-0.4, -0.2) is 16.9 Å². The van der Waals surface area contributed by atoms with Gasteiger partial charge in [-0.1, -0.05) is 49.4 Å². The molecule has 0 aliphatic heterocycles. The van der Waals surface area contributed by atoms with E-state index in [1.54, 1.807) is 43.3 Å². The van der Waals surface area contributed by atoms with Gasteiger partial charge in [0.1, 0.15) is 0 Å². The minimum absolute atomic E-state index is 0.0462. The molecule has 3 N–H and O–H groups in total. The van der Waals surface area contributed by atoms with Crippen LogP contribution in [0.15, 0.2) is 54.6 Å². The lowest BCUT2D eigenvalue weighted by Crippen LogP contribution is -2.31. The Balaban J connectivity index is 1.97. The molecule has 0 aromatic heterocycles. The van der Waals surface area contributed by atoms with Gasteiger partial charge in [-0.05, 0) is 30.2 Å². The molecule has 126 valence electrons. The molecule has 0 saturated heterocycles. The molecule has 5 heteroatoms. The van der Waals surface area contributed by atoms with Crippen molar-refractivity contribution in [2.75, 3.05) is 5.32 Å². The van der Waals surface area contributed by atoms with Crippen molar-refractivity contribution < 1.29 is 14.7 Å². The van der Waals surface area contributed by atoms with Gasteiger partial charge >= 0.3 is 0 Å². The van der Waals surface area contributed by atoms with E-state index in [1.807, 2.05) is 25.1 Å². The zero-order chi connectivity index (χ0) is 17.5. The third-order valence-corrected chi connectivity index (χ3v) is 3.74. The summed E-state index contributed by atoms with van der Waals surface area (Å²) in [6.07, 6.45) is -0.775. The minimum atomic E-state index is -1.20. The molecule has 0 saturated carbocycles. The largest absolute Gasteiger partial charge is 0.378 e. The normalized spacial score (nSPS) is 13.0. The molecule has 2 rings (SSSR count). The van der Waals surface area contributed by atoms with Gasteiger partial charge in [0, 0.05) is 12.1 Å². The Morgan fingerprint density at radius 2 is 1.62 bits per heavy atom. The van der Waals surface area contributed by atoms with Crippen LogP contribution in [-0.2, 0) is 9.59 Å². The molecular formula is C19H22N2O3. The van der Waals surface area contributed by atoms with Gasteiger partial charge in [0.2, 0.25) is 5.91 Å². The molecule has 0 unspecified atom stereocenters. The van der Waals surface area contributed by atoms with Crippen LogP contribution in [0.3, 0.4) is 0 Å². The Kier molecular flexibility index (Phi) is 6.09. The fourth-order valence-corrected chi connectivity index (χ4v) is 2.27. The predicted octanol–water partition coefficient (Wildman–Crippen LogP) is 2.95. The number of amides is 2. The highest BCUT2D eigenvalue weighted by Crippen LogP contribution is 2.18. The fraction of sp³-hybridized carbons (Fsp3) is 0.263. The first-order chi connectivity index (χ1) is 11.5. The van der Waals surface area contributed by atoms with Crippen molar-refractivity contribution in [2.24, 2.45) is 0 Å². The van der Waals surface area contributed by atoms with Gasteiger partial charge in [-0.2, -0.15) is 0 Å². The Hall–Kier alpha value is -2.66. The summed E-state index contributed by atoms with van der Waals surface area (Å²) in [5, 5.41) is 15.7. The molecule has 0 aliphatic carbocycles. The maximum absolute atomic E-state index is 12.2. The quantitative estimate of drug-likeness (QED) is 0.763. The van der Waals surface area contributed by atoms with Crippen molar-refractivity contribution in [1.29, 1.82) is 0 Å². The molecule has 2 aromatic carbocycles. The summed E-state index contributed by atoms with van der Waals surface area (Å²) in [4.78, 5) is 23.5. The SMILES string of the molecule is CCC(=O)Nc1ccc([C@H](C)NC(=O)[C@@H](O)c2ccccc2)cc1. The van der Waals surface area contributed by atoms with Gasteiger partial charge in [0.25, 0.3) is 5.91 Å². The van der Waals surface area contributed by atoms with E-state index in [0.29, 0.717) is 17.7 Å². The van der Waals surface area contributed by atoms with Crippen LogP contribution in [0.5, 0.6) is 0 Å². The predicted molar refractivity (Wildman–Crippen MR) is 93.3 cm³/mol. The molecule has 0 fully saturated rings. The summed E-state index contributed by atoms with van der Waals surface area (Å²) in [6, 6.07) is 15.8. The second-order valence-corrected chi connectivity index (χ2v) is 5.57. The average molecular weight is 326 g/mol. The van der Waals surface area contributed by atoms with Gasteiger partial charge in [-0.25, -0.2) is 0 Å². The third-order valence-electron chi connectivity index (χ3n) is 3.74. The number of nitrogens with one attached hydrogen (secondary N) is 2. The molecular weight excluding hydrogens is 304 g/mol. The van der Waals surface area contributed by atoms with E-state index in [4.69, 9.17) is 0 Å². The zero-order valence-corrected chi connectivity index (χ0v) is 13.8. The molecule has 2 amide bonds. The Morgan fingerprint density at radius 3 is 2.21 bits per heavy atom. The van der Waals surface area contributed by atoms with Gasteiger partial charge in [-0.15, -0.1) is 0 Å². The van der Waals surface area contributed by atoms with E-state index >= 15 is 0 Å². The Morgan fingerprint density at radius 1 is 1.00 bits per heavy atom. The van der Waals surface area contributed by atoms with Crippen molar-refractivity contribution in [1.82, 2.24) is 5.32 Å². The van der Waals surface area contributed by atoms with E-state index in [0.717, 1.165) is 5.56 Å². The summed E-state index contributed by atoms with van der Waals surface area (Å²) in [6.45, 7) is 3.63. The van der Waals surface area contributed by atoms with Crippen LogP contribution in [0, 0.1) is 0 Å². The molecule has 24 heavy (non-hydrogen) atoms.